The first kappa shape index (κ1) is 39.7. The van der Waals surface area contributed by atoms with Gasteiger partial charge in [0.25, 0.3) is 5.91 Å². The molecule has 1 unspecified atom stereocenters. The lowest BCUT2D eigenvalue weighted by Crippen LogP contribution is -2.57. The van der Waals surface area contributed by atoms with Crippen molar-refractivity contribution in [3.05, 3.63) is 90.0 Å². The maximum absolute atomic E-state index is 15.0. The van der Waals surface area contributed by atoms with Crippen molar-refractivity contribution in [2.24, 2.45) is 11.8 Å². The zero-order chi connectivity index (χ0) is 37.6. The van der Waals surface area contributed by atoms with Crippen LogP contribution in [0.4, 0.5) is 5.69 Å². The quantitative estimate of drug-likeness (QED) is 0.0794. The van der Waals surface area contributed by atoms with Crippen molar-refractivity contribution in [1.82, 2.24) is 10.2 Å². The average molecular weight is 799 g/mol. The van der Waals surface area contributed by atoms with E-state index >= 15 is 4.79 Å². The summed E-state index contributed by atoms with van der Waals surface area (Å²) in [6.07, 6.45) is 5.54. The van der Waals surface area contributed by atoms with E-state index in [9.17, 15) is 19.5 Å². The molecular weight excluding hydrogens is 750 g/mol. The molecule has 3 fully saturated rings. The zero-order valence-corrected chi connectivity index (χ0v) is 32.2. The van der Waals surface area contributed by atoms with Gasteiger partial charge in [0.15, 0.2) is 0 Å². The number of allylic oxidation sites excluding steroid dienone is 1. The van der Waals surface area contributed by atoms with E-state index in [1.54, 1.807) is 34.9 Å². The molecular formula is C40H49BrClN3O7. The molecule has 8 atom stereocenters. The highest BCUT2D eigenvalue weighted by Gasteiger charge is 2.77. The van der Waals surface area contributed by atoms with Crippen LogP contribution in [0, 0.1) is 18.8 Å². The number of para-hydroxylation sites is 1. The monoisotopic (exact) mass is 797 g/mol. The molecule has 3 amide bonds. The molecule has 2 bridgehead atoms. The Bertz CT molecular complexity index is 1620. The molecule has 3 saturated heterocycles. The summed E-state index contributed by atoms with van der Waals surface area (Å²) in [7, 11) is 0. The van der Waals surface area contributed by atoms with E-state index in [1.165, 1.54) is 0 Å². The second-order valence-corrected chi connectivity index (χ2v) is 15.5. The summed E-state index contributed by atoms with van der Waals surface area (Å²) in [5.41, 5.74) is 0.680. The highest BCUT2D eigenvalue weighted by atomic mass is 79.9. The minimum Gasteiger partial charge on any atom is -0.455 e. The molecule has 0 radical (unpaired) electrons. The molecule has 3 heterocycles. The lowest BCUT2D eigenvalue weighted by Gasteiger charge is -2.37. The number of ether oxygens (including phenoxy) is 2. The van der Waals surface area contributed by atoms with E-state index < -0.39 is 47.7 Å². The second-order valence-electron chi connectivity index (χ2n) is 13.9. The standard InChI is InChI=1S/C40H49BrClN3O7/c1-5-7-20-30(47)43-26(4)34(27-17-11-10-12-18-27)51-39(50)31-32-37(48)45(22-13-8-9-14-23-46)36(40(32)24-28(41)35(31)52-40)38(49)44(21-6-2)33-25(3)16-15-19-29(33)42/h5-6,10-12,15-19,26,28,31-32,34-36,46H,1-2,7-9,13-14,20-24H2,3-4H3,(H,43,47)/t26-,28?,31+,32-,34-,35+,36+,40-/m1/s1. The molecule has 0 aromatic heterocycles. The predicted octanol–water partition coefficient (Wildman–Crippen LogP) is 6.22. The average Bonchev–Trinajstić information content (AvgIpc) is 3.72. The zero-order valence-electron chi connectivity index (χ0n) is 29.8. The van der Waals surface area contributed by atoms with Crippen molar-refractivity contribution in [3.63, 3.8) is 0 Å². The smallest absolute Gasteiger partial charge is 0.313 e. The number of nitrogens with one attached hydrogen (secondary N) is 1. The number of likely N-dealkylation sites (tertiary alicyclic amines) is 1. The Balaban J connectivity index is 1.51. The van der Waals surface area contributed by atoms with Crippen LogP contribution in [0.25, 0.3) is 0 Å². The largest absolute Gasteiger partial charge is 0.455 e. The predicted molar refractivity (Wildman–Crippen MR) is 204 cm³/mol. The third-order valence-electron chi connectivity index (χ3n) is 10.4. The molecule has 3 aliphatic heterocycles. The molecule has 10 nitrogen and oxygen atoms in total. The summed E-state index contributed by atoms with van der Waals surface area (Å²) in [5.74, 6) is -3.51. The van der Waals surface area contributed by atoms with E-state index in [2.05, 4.69) is 34.4 Å². The highest BCUT2D eigenvalue weighted by molar-refractivity contribution is 9.09. The summed E-state index contributed by atoms with van der Waals surface area (Å²) in [4.78, 5) is 59.8. The number of aryl methyl sites for hydroxylation is 1. The van der Waals surface area contributed by atoms with Gasteiger partial charge in [0, 0.05) is 30.9 Å². The van der Waals surface area contributed by atoms with Crippen LogP contribution < -0.4 is 10.2 Å². The number of carbonyl (C=O) groups excluding carboxylic acids is 4. The fourth-order valence-corrected chi connectivity index (χ4v) is 9.41. The number of nitrogens with zero attached hydrogens (tertiary/aromatic N) is 2. The van der Waals surface area contributed by atoms with Gasteiger partial charge < -0.3 is 29.7 Å². The number of fused-ring (bicyclic) bond motifs is 1. The number of benzene rings is 2. The van der Waals surface area contributed by atoms with E-state index in [-0.39, 0.29) is 48.7 Å². The van der Waals surface area contributed by atoms with Crippen LogP contribution in [-0.4, -0.2) is 82.0 Å². The van der Waals surface area contributed by atoms with Gasteiger partial charge in [0.2, 0.25) is 11.8 Å². The first-order valence-corrected chi connectivity index (χ1v) is 19.4. The molecule has 280 valence electrons. The van der Waals surface area contributed by atoms with E-state index in [0.29, 0.717) is 42.0 Å². The summed E-state index contributed by atoms with van der Waals surface area (Å²) in [6.45, 7) is 11.7. The van der Waals surface area contributed by atoms with Crippen LogP contribution in [0.15, 0.2) is 73.8 Å². The number of carbonyl (C=O) groups is 4. The number of alkyl halides is 1. The maximum Gasteiger partial charge on any atom is 0.313 e. The minimum absolute atomic E-state index is 0.0788. The Morgan fingerprint density at radius 3 is 2.54 bits per heavy atom. The van der Waals surface area contributed by atoms with Gasteiger partial charge in [-0.1, -0.05) is 95.0 Å². The number of hydrogen-bond acceptors (Lipinski definition) is 7. The van der Waals surface area contributed by atoms with Gasteiger partial charge in [-0.3, -0.25) is 19.2 Å². The van der Waals surface area contributed by atoms with Gasteiger partial charge in [-0.15, -0.1) is 13.2 Å². The summed E-state index contributed by atoms with van der Waals surface area (Å²) >= 11 is 10.5. The first-order valence-electron chi connectivity index (χ1n) is 18.1. The van der Waals surface area contributed by atoms with Crippen molar-refractivity contribution in [3.8, 4) is 0 Å². The van der Waals surface area contributed by atoms with Crippen molar-refractivity contribution < 1.29 is 33.8 Å². The lowest BCUT2D eigenvalue weighted by atomic mass is 9.70. The Morgan fingerprint density at radius 1 is 1.13 bits per heavy atom. The van der Waals surface area contributed by atoms with Gasteiger partial charge in [-0.25, -0.2) is 0 Å². The van der Waals surface area contributed by atoms with E-state index in [0.717, 1.165) is 18.4 Å². The van der Waals surface area contributed by atoms with Crippen molar-refractivity contribution >= 4 is 56.9 Å². The van der Waals surface area contributed by atoms with Crippen molar-refractivity contribution in [1.29, 1.82) is 0 Å². The molecule has 0 saturated carbocycles. The summed E-state index contributed by atoms with van der Waals surface area (Å²) in [5, 5.41) is 12.7. The van der Waals surface area contributed by atoms with Crippen molar-refractivity contribution in [2.45, 2.75) is 93.5 Å². The normalized spacial score (nSPS) is 25.7. The molecule has 52 heavy (non-hydrogen) atoms. The molecule has 2 aromatic rings. The Labute approximate surface area is 319 Å². The fraction of sp³-hybridized carbons (Fsp3) is 0.500. The molecule has 1 spiro atoms. The number of aliphatic hydroxyl groups is 1. The summed E-state index contributed by atoms with van der Waals surface area (Å²) in [6, 6.07) is 12.9. The van der Waals surface area contributed by atoms with Gasteiger partial charge >= 0.3 is 5.97 Å². The highest BCUT2D eigenvalue weighted by Crippen LogP contribution is 2.60. The first-order chi connectivity index (χ1) is 25.0. The number of aliphatic hydroxyl groups excluding tert-OH is 1. The van der Waals surface area contributed by atoms with Gasteiger partial charge in [-0.2, -0.15) is 0 Å². The molecule has 12 heteroatoms. The van der Waals surface area contributed by atoms with E-state index in [4.69, 9.17) is 21.1 Å². The maximum atomic E-state index is 15.0. The van der Waals surface area contributed by atoms with Crippen LogP contribution in [-0.2, 0) is 28.7 Å². The Kier molecular flexibility index (Phi) is 13.4. The van der Waals surface area contributed by atoms with Gasteiger partial charge in [0.1, 0.15) is 17.7 Å². The van der Waals surface area contributed by atoms with Gasteiger partial charge in [-0.05, 0) is 56.7 Å². The molecule has 5 rings (SSSR count). The number of halogens is 2. The lowest BCUT2D eigenvalue weighted by molar-refractivity contribution is -0.162. The number of amides is 3. The van der Waals surface area contributed by atoms with E-state index in [1.807, 2.05) is 49.4 Å². The number of unbranched alkanes of at least 4 members (excludes halogenated alkanes) is 3. The van der Waals surface area contributed by atoms with Crippen LogP contribution in [0.5, 0.6) is 0 Å². The number of anilines is 1. The Morgan fingerprint density at radius 2 is 1.87 bits per heavy atom. The third kappa shape index (κ3) is 7.88. The number of hydrogen-bond donors (Lipinski definition) is 2. The van der Waals surface area contributed by atoms with Crippen LogP contribution >= 0.6 is 27.5 Å². The topological polar surface area (TPSA) is 125 Å². The summed E-state index contributed by atoms with van der Waals surface area (Å²) < 4.78 is 13.1. The molecule has 0 aliphatic carbocycles. The second kappa shape index (κ2) is 17.5. The third-order valence-corrected chi connectivity index (χ3v) is 11.6. The number of esters is 1. The fourth-order valence-electron chi connectivity index (χ4n) is 8.14. The van der Waals surface area contributed by atoms with Crippen LogP contribution in [0.2, 0.25) is 5.02 Å². The molecule has 2 N–H and O–H groups in total. The molecule has 2 aromatic carbocycles. The Hall–Kier alpha value is -3.51. The number of rotatable bonds is 18. The molecule has 3 aliphatic rings. The minimum atomic E-state index is -1.32. The van der Waals surface area contributed by atoms with Gasteiger partial charge in [0.05, 0.1) is 34.7 Å². The van der Waals surface area contributed by atoms with Crippen molar-refractivity contribution in [2.75, 3.05) is 24.6 Å². The SMILES string of the molecule is C=CCCC(=O)N[C@H](C)[C@@H](OC(=O)[C@@H]1[C@H]2O[C@@]3(CC2Br)[C@H](C(=O)N(CC=C)c2c(C)cccc2Cl)N(CCCCCCO)C(=O)[C@@H]13)c1ccccc1. The van der Waals surface area contributed by atoms with Crippen LogP contribution in [0.1, 0.15) is 69.1 Å². The van der Waals surface area contributed by atoms with Crippen LogP contribution in [0.3, 0.4) is 0 Å².